The third kappa shape index (κ3) is 7.75. The average molecular weight is 1160 g/mol. The highest BCUT2D eigenvalue weighted by Crippen LogP contribution is 2.57. The summed E-state index contributed by atoms with van der Waals surface area (Å²) >= 11 is 1.89. The molecule has 2 aliphatic rings. The Morgan fingerprint density at radius 2 is 0.644 bits per heavy atom. The van der Waals surface area contributed by atoms with Gasteiger partial charge in [-0.3, -0.25) is 0 Å². The highest BCUT2D eigenvalue weighted by atomic mass is 32.1. The van der Waals surface area contributed by atoms with Crippen LogP contribution in [0.4, 0.5) is 34.1 Å². The number of anilines is 6. The van der Waals surface area contributed by atoms with E-state index in [1.54, 1.807) is 0 Å². The van der Waals surface area contributed by atoms with E-state index in [9.17, 15) is 0 Å². The van der Waals surface area contributed by atoms with E-state index in [-0.39, 0.29) is 6.71 Å². The molecule has 0 aliphatic carbocycles. The lowest BCUT2D eigenvalue weighted by atomic mass is 9.33. The summed E-state index contributed by atoms with van der Waals surface area (Å²) in [7, 11) is 0. The summed E-state index contributed by atoms with van der Waals surface area (Å²) < 4.78 is 16.6. The molecule has 0 spiro atoms. The third-order valence-corrected chi connectivity index (χ3v) is 20.0. The van der Waals surface area contributed by atoms with Crippen molar-refractivity contribution in [3.05, 3.63) is 309 Å². The maximum absolute atomic E-state index is 7.07. The van der Waals surface area contributed by atoms with Crippen LogP contribution in [0.1, 0.15) is 0 Å². The van der Waals surface area contributed by atoms with Gasteiger partial charge < -0.3 is 18.6 Å². The minimum Gasteiger partial charge on any atom is -0.456 e. The van der Waals surface area contributed by atoms with Crippen LogP contribution in [0.2, 0.25) is 0 Å². The van der Waals surface area contributed by atoms with E-state index in [0.29, 0.717) is 0 Å². The molecule has 17 aromatic rings. The molecule has 418 valence electrons. The lowest BCUT2D eigenvalue weighted by Crippen LogP contribution is -2.61. The van der Waals surface area contributed by atoms with Gasteiger partial charge in [-0.25, -0.2) is 0 Å². The Kier molecular flexibility index (Phi) is 11.3. The third-order valence-electron chi connectivity index (χ3n) is 18.8. The molecule has 5 heterocycles. The molecule has 0 atom stereocenters. The molecule has 0 N–H and O–H groups in total. The van der Waals surface area contributed by atoms with E-state index >= 15 is 0 Å². The van der Waals surface area contributed by atoms with Crippen molar-refractivity contribution in [2.45, 2.75) is 0 Å². The Labute approximate surface area is 524 Å². The van der Waals surface area contributed by atoms with Crippen LogP contribution in [0.25, 0.3) is 131 Å². The molecule has 0 amide bonds. The van der Waals surface area contributed by atoms with E-state index in [2.05, 4.69) is 319 Å². The highest BCUT2D eigenvalue weighted by molar-refractivity contribution is 7.26. The first-order chi connectivity index (χ1) is 44.6. The van der Waals surface area contributed by atoms with Crippen LogP contribution in [0.3, 0.4) is 0 Å². The number of hydrogen-bond donors (Lipinski definition) is 0. The van der Waals surface area contributed by atoms with Crippen LogP contribution in [-0.2, 0) is 0 Å². The standard InChI is InChI=1S/C84H51BN2O2S/c1-5-23-52(24-6-1)56-31-19-33-58(45-56)62-40-22-41-63(59-34-20-32-57(46-59)53-25-7-2-8-26-53)82(62)87-73-48-68-65-36-14-17-43-76(65)89-78(68)51-71(73)85-70-50-77-67(64-35-13-16-42-75(64)88-77)47-72(70)86(74-49-69-66-37-15-18-44-79(66)90-84(69)83(87)80(74)85)81-60(54-27-9-3-10-28-54)38-21-39-61(81)55-29-11-4-12-30-55/h1-51H. The van der Waals surface area contributed by atoms with Crippen molar-refractivity contribution in [3.8, 4) is 66.8 Å². The molecule has 0 fully saturated rings. The van der Waals surface area contributed by atoms with Crippen molar-refractivity contribution in [3.63, 3.8) is 0 Å². The van der Waals surface area contributed by atoms with Gasteiger partial charge in [0.2, 0.25) is 0 Å². The number of thiophene rings is 1. The summed E-state index contributed by atoms with van der Waals surface area (Å²) in [5.74, 6) is 0. The molecule has 90 heavy (non-hydrogen) atoms. The second-order valence-corrected chi connectivity index (χ2v) is 24.8. The number of para-hydroxylation sites is 4. The molecule has 2 aliphatic heterocycles. The van der Waals surface area contributed by atoms with Gasteiger partial charge in [-0.2, -0.15) is 0 Å². The molecule has 14 aromatic carbocycles. The molecule has 0 radical (unpaired) electrons. The Bertz CT molecular complexity index is 5590. The minimum absolute atomic E-state index is 0.306. The van der Waals surface area contributed by atoms with Crippen LogP contribution in [0.5, 0.6) is 0 Å². The molecule has 6 heteroatoms. The predicted molar refractivity (Wildman–Crippen MR) is 381 cm³/mol. The van der Waals surface area contributed by atoms with Gasteiger partial charge in [0.05, 0.1) is 21.8 Å². The molecule has 0 unspecified atom stereocenters. The van der Waals surface area contributed by atoms with Crippen molar-refractivity contribution in [1.82, 2.24) is 0 Å². The van der Waals surface area contributed by atoms with E-state index in [1.165, 1.54) is 36.8 Å². The van der Waals surface area contributed by atoms with Crippen LogP contribution < -0.4 is 26.2 Å². The number of rotatable bonds is 8. The topological polar surface area (TPSA) is 32.8 Å². The Morgan fingerprint density at radius 3 is 1.17 bits per heavy atom. The molecule has 0 bridgehead atoms. The smallest absolute Gasteiger partial charge is 0.252 e. The second-order valence-electron chi connectivity index (χ2n) is 23.8. The Morgan fingerprint density at radius 1 is 0.256 bits per heavy atom. The molecule has 3 aromatic heterocycles. The van der Waals surface area contributed by atoms with Crippen LogP contribution >= 0.6 is 11.3 Å². The predicted octanol–water partition coefficient (Wildman–Crippen LogP) is 21.9. The first-order valence-electron chi connectivity index (χ1n) is 30.8. The lowest BCUT2D eigenvalue weighted by molar-refractivity contribution is 0.669. The number of fused-ring (bicyclic) bond motifs is 14. The summed E-state index contributed by atoms with van der Waals surface area (Å²) in [6.45, 7) is -0.306. The zero-order valence-electron chi connectivity index (χ0n) is 48.6. The number of hydrogen-bond acceptors (Lipinski definition) is 5. The summed E-state index contributed by atoms with van der Waals surface area (Å²) in [6, 6.07) is 114. The van der Waals surface area contributed by atoms with Crippen molar-refractivity contribution >= 4 is 133 Å². The molecule has 0 saturated carbocycles. The first kappa shape index (κ1) is 50.7. The zero-order valence-corrected chi connectivity index (χ0v) is 49.5. The van der Waals surface area contributed by atoms with Gasteiger partial charge in [0.25, 0.3) is 6.71 Å². The van der Waals surface area contributed by atoms with Crippen LogP contribution in [0.15, 0.2) is 318 Å². The quantitative estimate of drug-likeness (QED) is 0.142. The van der Waals surface area contributed by atoms with Gasteiger partial charge in [0, 0.05) is 76.3 Å². The zero-order chi connectivity index (χ0) is 59.0. The van der Waals surface area contributed by atoms with Gasteiger partial charge >= 0.3 is 0 Å². The first-order valence-corrected chi connectivity index (χ1v) is 31.6. The lowest BCUT2D eigenvalue weighted by Gasteiger charge is -2.45. The Balaban J connectivity index is 1.02. The van der Waals surface area contributed by atoms with E-state index < -0.39 is 0 Å². The van der Waals surface area contributed by atoms with Crippen LogP contribution in [0, 0.1) is 0 Å². The SMILES string of the molecule is c1ccc(-c2cccc(-c3cccc(-c4cccc(-c5ccccc5)c4)c3N3c4cc5c(cc4B4c6cc7oc8ccccc8c7cc6N(c6c(-c7ccccc7)cccc6-c6ccccc6)c6cc7c(sc8ccccc87)c3c64)oc3ccccc35)c2)cc1. The van der Waals surface area contributed by atoms with E-state index in [0.717, 1.165) is 145 Å². The maximum atomic E-state index is 7.07. The molecule has 0 saturated heterocycles. The number of furan rings is 2. The minimum atomic E-state index is -0.306. The van der Waals surface area contributed by atoms with Crippen molar-refractivity contribution in [2.75, 3.05) is 9.80 Å². The maximum Gasteiger partial charge on any atom is 0.252 e. The highest BCUT2D eigenvalue weighted by Gasteiger charge is 2.47. The largest absolute Gasteiger partial charge is 0.456 e. The molecular formula is C84H51BN2O2S. The monoisotopic (exact) mass is 1160 g/mol. The van der Waals surface area contributed by atoms with Crippen molar-refractivity contribution in [1.29, 1.82) is 0 Å². The van der Waals surface area contributed by atoms with Gasteiger partial charge in [-0.05, 0) is 122 Å². The number of nitrogens with zero attached hydrogens (tertiary/aromatic N) is 2. The van der Waals surface area contributed by atoms with Crippen molar-refractivity contribution < 1.29 is 8.83 Å². The fourth-order valence-corrected chi connectivity index (χ4v) is 16.1. The summed E-state index contributed by atoms with van der Waals surface area (Å²) in [5, 5.41) is 6.70. The fraction of sp³-hybridized carbons (Fsp3) is 0. The fourth-order valence-electron chi connectivity index (χ4n) is 14.9. The summed E-state index contributed by atoms with van der Waals surface area (Å²) in [4.78, 5) is 5.34. The van der Waals surface area contributed by atoms with Crippen molar-refractivity contribution in [2.24, 2.45) is 0 Å². The van der Waals surface area contributed by atoms with E-state index in [4.69, 9.17) is 8.83 Å². The van der Waals surface area contributed by atoms with Gasteiger partial charge in [-0.15, -0.1) is 11.3 Å². The molecule has 4 nitrogen and oxygen atoms in total. The Hall–Kier alpha value is -11.4. The summed E-state index contributed by atoms with van der Waals surface area (Å²) in [6.07, 6.45) is 0. The number of benzene rings is 14. The molecular weight excluding hydrogens is 1110 g/mol. The van der Waals surface area contributed by atoms with Gasteiger partial charge in [0.15, 0.2) is 0 Å². The second kappa shape index (κ2) is 20.1. The molecule has 19 rings (SSSR count). The van der Waals surface area contributed by atoms with Gasteiger partial charge in [0.1, 0.15) is 22.3 Å². The normalized spacial score (nSPS) is 12.6. The van der Waals surface area contributed by atoms with Crippen LogP contribution in [-0.4, -0.2) is 6.71 Å². The summed E-state index contributed by atoms with van der Waals surface area (Å²) in [5.41, 5.74) is 27.2. The van der Waals surface area contributed by atoms with Gasteiger partial charge in [-0.1, -0.05) is 249 Å². The van der Waals surface area contributed by atoms with E-state index in [1.807, 2.05) is 11.3 Å². The average Bonchev–Trinajstić information content (AvgIpc) is 1.30.